The second kappa shape index (κ2) is 7.12. The first-order valence-corrected chi connectivity index (χ1v) is 10.6. The molecule has 0 N–H and O–H groups in total. The third-order valence-corrected chi connectivity index (χ3v) is 7.28. The van der Waals surface area contributed by atoms with Crippen molar-refractivity contribution in [3.63, 3.8) is 0 Å². The van der Waals surface area contributed by atoms with E-state index in [0.29, 0.717) is 17.8 Å². The van der Waals surface area contributed by atoms with Gasteiger partial charge in [-0.1, -0.05) is 45.4 Å². The Morgan fingerprint density at radius 3 is 2.67 bits per heavy atom. The molecule has 0 amide bonds. The summed E-state index contributed by atoms with van der Waals surface area (Å²) in [4.78, 5) is 15.1. The fourth-order valence-electron chi connectivity index (χ4n) is 5.53. The van der Waals surface area contributed by atoms with Crippen molar-refractivity contribution in [3.8, 4) is 0 Å². The molecule has 27 heavy (non-hydrogen) atoms. The summed E-state index contributed by atoms with van der Waals surface area (Å²) in [7, 11) is 2.11. The van der Waals surface area contributed by atoms with Crippen LogP contribution in [0.1, 0.15) is 58.4 Å². The Balaban J connectivity index is 1.61. The first kappa shape index (κ1) is 18.8. The van der Waals surface area contributed by atoms with E-state index < -0.39 is 6.29 Å². The van der Waals surface area contributed by atoms with Gasteiger partial charge in [0.05, 0.1) is 17.9 Å². The lowest BCUT2D eigenvalue weighted by molar-refractivity contribution is -0.197. The molecule has 1 aliphatic carbocycles. The van der Waals surface area contributed by atoms with Crippen LogP contribution in [-0.4, -0.2) is 31.5 Å². The van der Waals surface area contributed by atoms with Gasteiger partial charge >= 0.3 is 5.97 Å². The van der Waals surface area contributed by atoms with Crippen LogP contribution >= 0.6 is 0 Å². The highest BCUT2D eigenvalue weighted by Crippen LogP contribution is 2.49. The molecule has 2 heterocycles. The Morgan fingerprint density at radius 1 is 1.19 bits per heavy atom. The number of cyclic esters (lactones) is 1. The zero-order valence-corrected chi connectivity index (χ0v) is 17.2. The lowest BCUT2D eigenvalue weighted by Crippen LogP contribution is -2.48. The molecule has 0 bridgehead atoms. The summed E-state index contributed by atoms with van der Waals surface area (Å²) in [5.41, 5.74) is 2.21. The highest BCUT2D eigenvalue weighted by atomic mass is 16.7. The number of fused-ring (bicyclic) bond motifs is 3. The molecule has 0 spiro atoms. The number of rotatable bonds is 3. The Labute approximate surface area is 163 Å². The summed E-state index contributed by atoms with van der Waals surface area (Å²) < 4.78 is 12.5. The number of carbonyl (C=O) groups excluding carboxylic acids is 1. The molecule has 0 radical (unpaired) electrons. The van der Waals surface area contributed by atoms with Gasteiger partial charge in [0.1, 0.15) is 0 Å². The van der Waals surface area contributed by atoms with Crippen molar-refractivity contribution in [3.05, 3.63) is 29.8 Å². The van der Waals surface area contributed by atoms with E-state index in [-0.39, 0.29) is 30.0 Å². The van der Waals surface area contributed by atoms with Crippen LogP contribution in [0.4, 0.5) is 5.69 Å². The van der Waals surface area contributed by atoms with Crippen molar-refractivity contribution < 1.29 is 14.3 Å². The predicted molar refractivity (Wildman–Crippen MR) is 107 cm³/mol. The van der Waals surface area contributed by atoms with Gasteiger partial charge in [0.15, 0.2) is 0 Å². The molecule has 2 fully saturated rings. The predicted octanol–water partition coefficient (Wildman–Crippen LogP) is 4.59. The summed E-state index contributed by atoms with van der Waals surface area (Å²) in [6, 6.07) is 8.41. The van der Waals surface area contributed by atoms with Gasteiger partial charge in [0.25, 0.3) is 0 Å². The number of hydrogen-bond acceptors (Lipinski definition) is 4. The van der Waals surface area contributed by atoms with Gasteiger partial charge in [-0.3, -0.25) is 4.79 Å². The maximum Gasteiger partial charge on any atom is 0.316 e. The molecule has 0 unspecified atom stereocenters. The van der Waals surface area contributed by atoms with Crippen LogP contribution in [0.15, 0.2) is 24.3 Å². The highest BCUT2D eigenvalue weighted by Gasteiger charge is 2.54. The summed E-state index contributed by atoms with van der Waals surface area (Å²) >= 11 is 0. The average molecular weight is 372 g/mol. The molecule has 4 heteroatoms. The summed E-state index contributed by atoms with van der Waals surface area (Å²) in [6.45, 7) is 9.07. The van der Waals surface area contributed by atoms with Crippen LogP contribution in [0.3, 0.4) is 0 Å². The maximum atomic E-state index is 12.8. The zero-order valence-electron chi connectivity index (χ0n) is 17.2. The molecule has 4 nitrogen and oxygen atoms in total. The number of hydrogen-bond donors (Lipinski definition) is 0. The van der Waals surface area contributed by atoms with Crippen molar-refractivity contribution >= 4 is 11.7 Å². The van der Waals surface area contributed by atoms with Crippen LogP contribution in [0, 0.1) is 23.7 Å². The molecule has 1 aromatic rings. The van der Waals surface area contributed by atoms with Crippen LogP contribution in [0.25, 0.3) is 0 Å². The second-order valence-electron chi connectivity index (χ2n) is 9.27. The molecule has 0 aromatic heterocycles. The normalized spacial score (nSPS) is 38.5. The van der Waals surface area contributed by atoms with E-state index in [1.54, 1.807) is 0 Å². The van der Waals surface area contributed by atoms with Crippen LogP contribution in [0.5, 0.6) is 0 Å². The second-order valence-corrected chi connectivity index (χ2v) is 9.27. The molecule has 148 valence electrons. The largest absolute Gasteiger partial charge is 0.435 e. The summed E-state index contributed by atoms with van der Waals surface area (Å²) in [5.74, 6) is 1.51. The number of carbonyl (C=O) groups is 1. The molecule has 1 saturated heterocycles. The molecular weight excluding hydrogens is 338 g/mol. The lowest BCUT2D eigenvalue weighted by atomic mass is 9.75. The van der Waals surface area contributed by atoms with Gasteiger partial charge in [0, 0.05) is 18.8 Å². The molecule has 2 aliphatic heterocycles. The average Bonchev–Trinajstić information content (AvgIpc) is 2.95. The molecule has 3 aliphatic rings. The number of anilines is 1. The molecule has 1 aromatic carbocycles. The van der Waals surface area contributed by atoms with E-state index in [2.05, 4.69) is 51.8 Å². The molecule has 4 rings (SSSR count). The molecular formula is C23H33NO3. The van der Waals surface area contributed by atoms with E-state index in [0.717, 1.165) is 17.7 Å². The minimum absolute atomic E-state index is 0.0439. The van der Waals surface area contributed by atoms with Gasteiger partial charge in [-0.2, -0.15) is 0 Å². The number of ether oxygens (including phenoxy) is 2. The lowest BCUT2D eigenvalue weighted by Gasteiger charge is -2.43. The summed E-state index contributed by atoms with van der Waals surface area (Å²) in [6.07, 6.45) is 3.28. The Morgan fingerprint density at radius 2 is 1.93 bits per heavy atom. The van der Waals surface area contributed by atoms with E-state index in [4.69, 9.17) is 9.47 Å². The van der Waals surface area contributed by atoms with Crippen molar-refractivity contribution in [2.75, 3.05) is 11.9 Å². The number of para-hydroxylation sites is 1. The van der Waals surface area contributed by atoms with E-state index in [9.17, 15) is 4.79 Å². The Kier molecular flexibility index (Phi) is 4.96. The smallest absolute Gasteiger partial charge is 0.316 e. The minimum atomic E-state index is -0.440. The Hall–Kier alpha value is -1.55. The fourth-order valence-corrected chi connectivity index (χ4v) is 5.53. The topological polar surface area (TPSA) is 38.8 Å². The van der Waals surface area contributed by atoms with Gasteiger partial charge < -0.3 is 14.4 Å². The van der Waals surface area contributed by atoms with Gasteiger partial charge in [-0.05, 0) is 49.1 Å². The number of nitrogens with zero attached hydrogens (tertiary/aromatic N) is 1. The number of benzene rings is 1. The van der Waals surface area contributed by atoms with Crippen molar-refractivity contribution in [1.82, 2.24) is 0 Å². The molecule has 1 saturated carbocycles. The first-order chi connectivity index (χ1) is 12.9. The van der Waals surface area contributed by atoms with Gasteiger partial charge in [-0.25, -0.2) is 0 Å². The standard InChI is InChI=1S/C23H33NO3/c1-13(2)16-11-10-14(3)12-19(16)26-23-20-15(4)24(5)18-9-7-6-8-17(18)21(20)22(25)27-23/h6-9,13-16,19-21,23H,10-12H2,1-5H3/t14-,15-,16+,19-,20-,21+,23-/m1/s1. The SMILES string of the molecule is CC(C)[C@@H]1CC[C@@H](C)C[C@H]1O[C@@H]1OC(=O)[C@H]2c3ccccc3N(C)[C@H](C)[C@@H]12. The van der Waals surface area contributed by atoms with E-state index in [1.807, 2.05) is 12.1 Å². The van der Waals surface area contributed by atoms with Crippen molar-refractivity contribution in [1.29, 1.82) is 0 Å². The fraction of sp³-hybridized carbons (Fsp3) is 0.696. The number of esters is 1. The zero-order chi connectivity index (χ0) is 19.3. The van der Waals surface area contributed by atoms with Crippen molar-refractivity contribution in [2.24, 2.45) is 23.7 Å². The quantitative estimate of drug-likeness (QED) is 0.729. The summed E-state index contributed by atoms with van der Waals surface area (Å²) in [5, 5.41) is 0. The first-order valence-electron chi connectivity index (χ1n) is 10.6. The highest BCUT2D eigenvalue weighted by molar-refractivity contribution is 5.85. The third kappa shape index (κ3) is 3.16. The van der Waals surface area contributed by atoms with Crippen LogP contribution < -0.4 is 4.90 Å². The minimum Gasteiger partial charge on any atom is -0.435 e. The van der Waals surface area contributed by atoms with Crippen LogP contribution in [0.2, 0.25) is 0 Å². The Bertz CT molecular complexity index is 703. The third-order valence-electron chi connectivity index (χ3n) is 7.28. The van der Waals surface area contributed by atoms with Crippen molar-refractivity contribution in [2.45, 2.75) is 71.3 Å². The van der Waals surface area contributed by atoms with Crippen LogP contribution in [-0.2, 0) is 14.3 Å². The molecule has 7 atom stereocenters. The van der Waals surface area contributed by atoms with E-state index >= 15 is 0 Å². The maximum absolute atomic E-state index is 12.8. The van der Waals surface area contributed by atoms with Gasteiger partial charge in [-0.15, -0.1) is 0 Å². The van der Waals surface area contributed by atoms with E-state index in [1.165, 1.54) is 12.8 Å². The van der Waals surface area contributed by atoms with Gasteiger partial charge in [0.2, 0.25) is 6.29 Å². The monoisotopic (exact) mass is 371 g/mol.